The molecule has 0 radical (unpaired) electrons. The maximum absolute atomic E-state index is 12.5. The van der Waals surface area contributed by atoms with Gasteiger partial charge in [0.15, 0.2) is 17.3 Å². The normalized spacial score (nSPS) is 16.0. The van der Waals surface area contributed by atoms with Crippen molar-refractivity contribution >= 4 is 17.4 Å². The van der Waals surface area contributed by atoms with Gasteiger partial charge >= 0.3 is 0 Å². The molecular weight excluding hydrogens is 370 g/mol. The van der Waals surface area contributed by atoms with Gasteiger partial charge in [-0.2, -0.15) is 14.3 Å². The average molecular weight is 389 g/mol. The number of nitrogens with one attached hydrogen (secondary N) is 1. The van der Waals surface area contributed by atoms with Crippen molar-refractivity contribution in [2.45, 2.75) is 26.2 Å². The van der Waals surface area contributed by atoms with E-state index in [2.05, 4.69) is 25.7 Å². The molecule has 0 spiro atoms. The number of carbonyl (C=O) groups excluding carboxylic acids is 1. The molecule has 0 aliphatic carbocycles. The van der Waals surface area contributed by atoms with Gasteiger partial charge in [-0.25, -0.2) is 0 Å². The summed E-state index contributed by atoms with van der Waals surface area (Å²) in [5.41, 5.74) is 3.55. The summed E-state index contributed by atoms with van der Waals surface area (Å²) in [7, 11) is 1.64. The lowest BCUT2D eigenvalue weighted by Crippen LogP contribution is -2.25. The molecule has 3 aromatic heterocycles. The molecule has 0 fully saturated rings. The summed E-state index contributed by atoms with van der Waals surface area (Å²) >= 11 is 0. The highest BCUT2D eigenvalue weighted by molar-refractivity contribution is 5.95. The molecule has 0 unspecified atom stereocenters. The van der Waals surface area contributed by atoms with Crippen molar-refractivity contribution in [2.75, 3.05) is 12.4 Å². The highest BCUT2D eigenvalue weighted by atomic mass is 16.5. The molecule has 29 heavy (non-hydrogen) atoms. The van der Waals surface area contributed by atoms with E-state index in [9.17, 15) is 4.79 Å². The van der Waals surface area contributed by atoms with Crippen molar-refractivity contribution in [3.05, 3.63) is 59.0 Å². The van der Waals surface area contributed by atoms with Crippen LogP contribution in [0.3, 0.4) is 0 Å². The number of aryl methyl sites for hydroxylation is 2. The van der Waals surface area contributed by atoms with E-state index in [1.54, 1.807) is 16.3 Å². The van der Waals surface area contributed by atoms with Crippen LogP contribution < -0.4 is 10.1 Å². The molecular formula is C20H19N7O2. The van der Waals surface area contributed by atoms with Crippen molar-refractivity contribution in [1.29, 1.82) is 0 Å². The van der Waals surface area contributed by atoms with Crippen molar-refractivity contribution in [1.82, 2.24) is 29.6 Å². The minimum absolute atomic E-state index is 0.0546. The molecule has 1 amide bonds. The first-order valence-electron chi connectivity index (χ1n) is 9.28. The van der Waals surface area contributed by atoms with Gasteiger partial charge < -0.3 is 10.1 Å². The average Bonchev–Trinajstić information content (AvgIpc) is 3.27. The van der Waals surface area contributed by atoms with Gasteiger partial charge in [0.1, 0.15) is 11.6 Å². The first-order valence-corrected chi connectivity index (χ1v) is 9.28. The summed E-state index contributed by atoms with van der Waals surface area (Å²) in [5, 5.41) is 20.4. The van der Waals surface area contributed by atoms with E-state index in [-0.39, 0.29) is 11.8 Å². The quantitative estimate of drug-likeness (QED) is 0.578. The monoisotopic (exact) mass is 389 g/mol. The zero-order chi connectivity index (χ0) is 20.1. The van der Waals surface area contributed by atoms with Crippen LogP contribution >= 0.6 is 0 Å². The molecule has 1 N–H and O–H groups in total. The summed E-state index contributed by atoms with van der Waals surface area (Å²) in [6.07, 6.45) is 0.364. The summed E-state index contributed by atoms with van der Waals surface area (Å²) in [5.74, 6) is 2.56. The zero-order valence-electron chi connectivity index (χ0n) is 16.2. The van der Waals surface area contributed by atoms with Gasteiger partial charge in [0.05, 0.1) is 12.8 Å². The molecule has 0 saturated carbocycles. The van der Waals surface area contributed by atoms with Gasteiger partial charge in [0.2, 0.25) is 5.91 Å². The van der Waals surface area contributed by atoms with Gasteiger partial charge in [-0.05, 0) is 43.7 Å². The fourth-order valence-corrected chi connectivity index (χ4v) is 3.83. The van der Waals surface area contributed by atoms with Gasteiger partial charge in [-0.3, -0.25) is 4.79 Å². The summed E-state index contributed by atoms with van der Waals surface area (Å²) in [4.78, 5) is 12.5. The van der Waals surface area contributed by atoms with Crippen LogP contribution in [0.4, 0.5) is 5.82 Å². The highest BCUT2D eigenvalue weighted by Crippen LogP contribution is 2.40. The number of hydrogen-bond acceptors (Lipinski definition) is 6. The largest absolute Gasteiger partial charge is 0.497 e. The Morgan fingerprint density at radius 1 is 1.07 bits per heavy atom. The molecule has 146 valence electrons. The zero-order valence-corrected chi connectivity index (χ0v) is 16.2. The fraction of sp³-hybridized carbons (Fsp3) is 0.250. The third kappa shape index (κ3) is 2.74. The van der Waals surface area contributed by atoms with Crippen LogP contribution in [0.1, 0.15) is 35.0 Å². The van der Waals surface area contributed by atoms with Gasteiger partial charge in [-0.1, -0.05) is 12.1 Å². The van der Waals surface area contributed by atoms with Gasteiger partial charge in [0.25, 0.3) is 0 Å². The number of aromatic nitrogens is 6. The molecule has 5 rings (SSSR count). The Morgan fingerprint density at radius 2 is 1.86 bits per heavy atom. The Kier molecular flexibility index (Phi) is 3.83. The highest BCUT2D eigenvalue weighted by Gasteiger charge is 2.33. The maximum Gasteiger partial charge on any atom is 0.226 e. The van der Waals surface area contributed by atoms with Crippen LogP contribution in [0.25, 0.3) is 11.5 Å². The third-order valence-corrected chi connectivity index (χ3v) is 5.24. The number of benzene rings is 1. The first-order chi connectivity index (χ1) is 14.0. The minimum Gasteiger partial charge on any atom is -0.497 e. The molecule has 0 bridgehead atoms. The first kappa shape index (κ1) is 17.4. The SMILES string of the molecule is COc1ccc([C@@H]2CC(=O)Nc3c2c(C)nn3-c2ccc3nnc(C)n3n2)cc1. The predicted molar refractivity (Wildman–Crippen MR) is 105 cm³/mol. The number of amides is 1. The molecule has 9 heteroatoms. The molecule has 9 nitrogen and oxygen atoms in total. The molecule has 4 aromatic rings. The summed E-state index contributed by atoms with van der Waals surface area (Å²) < 4.78 is 8.59. The predicted octanol–water partition coefficient (Wildman–Crippen LogP) is 2.41. The molecule has 1 aromatic carbocycles. The molecule has 1 atom stereocenters. The van der Waals surface area contributed by atoms with E-state index in [4.69, 9.17) is 4.74 Å². The van der Waals surface area contributed by atoms with Crippen LogP contribution in [-0.2, 0) is 4.79 Å². The Labute approximate surface area is 166 Å². The Bertz CT molecular complexity index is 1240. The number of rotatable bonds is 3. The molecule has 1 aliphatic heterocycles. The van der Waals surface area contributed by atoms with E-state index in [0.29, 0.717) is 29.5 Å². The van der Waals surface area contributed by atoms with Crippen molar-refractivity contribution in [3.63, 3.8) is 0 Å². The second kappa shape index (κ2) is 6.40. The number of carbonyl (C=O) groups is 1. The van der Waals surface area contributed by atoms with E-state index in [0.717, 1.165) is 22.6 Å². The number of fused-ring (bicyclic) bond motifs is 2. The maximum atomic E-state index is 12.5. The van der Waals surface area contributed by atoms with Crippen LogP contribution in [0.5, 0.6) is 5.75 Å². The lowest BCUT2D eigenvalue weighted by Gasteiger charge is -2.24. The van der Waals surface area contributed by atoms with Gasteiger partial charge in [0, 0.05) is 17.9 Å². The Balaban J connectivity index is 1.65. The minimum atomic E-state index is -0.0845. The van der Waals surface area contributed by atoms with E-state index >= 15 is 0 Å². The van der Waals surface area contributed by atoms with Crippen molar-refractivity contribution in [2.24, 2.45) is 0 Å². The van der Waals surface area contributed by atoms with Crippen LogP contribution in [-0.4, -0.2) is 42.6 Å². The topological polar surface area (TPSA) is 99.2 Å². The smallest absolute Gasteiger partial charge is 0.226 e. The summed E-state index contributed by atoms with van der Waals surface area (Å²) in [6, 6.07) is 11.5. The number of hydrogen-bond donors (Lipinski definition) is 1. The van der Waals surface area contributed by atoms with Crippen LogP contribution in [0, 0.1) is 13.8 Å². The Morgan fingerprint density at radius 3 is 2.62 bits per heavy atom. The molecule has 0 saturated heterocycles. The van der Waals surface area contributed by atoms with Gasteiger partial charge in [-0.15, -0.1) is 15.3 Å². The fourth-order valence-electron chi connectivity index (χ4n) is 3.83. The number of nitrogens with zero attached hydrogens (tertiary/aromatic N) is 6. The third-order valence-electron chi connectivity index (χ3n) is 5.24. The van der Waals surface area contributed by atoms with E-state index in [1.807, 2.05) is 50.2 Å². The Hall–Kier alpha value is -3.75. The van der Waals surface area contributed by atoms with Crippen molar-refractivity contribution in [3.8, 4) is 11.6 Å². The number of methoxy groups -OCH3 is 1. The molecule has 1 aliphatic rings. The standard InChI is InChI=1S/C20H19N7O2/c1-11-19-15(13-4-6-14(29-3)7-5-13)10-18(28)21-20(19)27(24-11)17-9-8-16-23-22-12(2)26(16)25-17/h4-9,15H,10H2,1-3H3,(H,21,28)/t15-/m0/s1. The molecule has 4 heterocycles. The lowest BCUT2D eigenvalue weighted by atomic mass is 9.86. The number of ether oxygens (including phenoxy) is 1. The second-order valence-electron chi connectivity index (χ2n) is 7.05. The van der Waals surface area contributed by atoms with Crippen LogP contribution in [0.2, 0.25) is 0 Å². The van der Waals surface area contributed by atoms with E-state index < -0.39 is 0 Å². The second-order valence-corrected chi connectivity index (χ2v) is 7.05. The number of anilines is 1. The van der Waals surface area contributed by atoms with E-state index in [1.165, 1.54) is 0 Å². The van der Waals surface area contributed by atoms with Crippen LogP contribution in [0.15, 0.2) is 36.4 Å². The lowest BCUT2D eigenvalue weighted by molar-refractivity contribution is -0.116. The van der Waals surface area contributed by atoms with Crippen molar-refractivity contribution < 1.29 is 9.53 Å². The summed E-state index contributed by atoms with van der Waals surface area (Å²) in [6.45, 7) is 3.79.